The van der Waals surface area contributed by atoms with Crippen LogP contribution >= 0.6 is 0 Å². The van der Waals surface area contributed by atoms with Crippen molar-refractivity contribution in [3.63, 3.8) is 0 Å². The molecule has 1 aliphatic carbocycles. The molecule has 2 aliphatic rings. The van der Waals surface area contributed by atoms with Gasteiger partial charge in [-0.2, -0.15) is 0 Å². The number of carbonyl (C=O) groups is 1. The number of amides is 1. The molecule has 1 heterocycles. The molecule has 2 N–H and O–H groups in total. The van der Waals surface area contributed by atoms with Gasteiger partial charge in [0, 0.05) is 0 Å². The molecule has 1 unspecified atom stereocenters. The van der Waals surface area contributed by atoms with Crippen LogP contribution in [0.1, 0.15) is 51.5 Å². The maximum absolute atomic E-state index is 11.7. The Bertz CT molecular complexity index is 653. The van der Waals surface area contributed by atoms with E-state index in [9.17, 15) is 15.0 Å². The van der Waals surface area contributed by atoms with Crippen molar-refractivity contribution in [3.8, 4) is 5.75 Å². The van der Waals surface area contributed by atoms with E-state index < -0.39 is 17.4 Å². The monoisotopic (exact) mass is 377 g/mol. The lowest BCUT2D eigenvalue weighted by Crippen LogP contribution is -2.47. The molecule has 0 spiro atoms. The standard InChI is InChI=1S/C21H31NO5/c1-15-4-6-18(7-5-15)26-13-16(8-9-21(25)10-11-21)12-17-14-27-20(2,3)22(17)19(23)24/h4-7,16-17,25H,8-14H2,1-3H3,(H,23,24)/t16-,17?/m0/s1. The van der Waals surface area contributed by atoms with Crippen molar-refractivity contribution in [3.05, 3.63) is 29.8 Å². The molecule has 27 heavy (non-hydrogen) atoms. The SMILES string of the molecule is Cc1ccc(OC[C@@H](CCC2(O)CC2)CC2COC(C)(C)N2C(=O)O)cc1. The Labute approximate surface area is 161 Å². The average Bonchev–Trinajstić information content (AvgIpc) is 3.25. The first-order valence-electron chi connectivity index (χ1n) is 9.77. The first-order valence-corrected chi connectivity index (χ1v) is 9.77. The van der Waals surface area contributed by atoms with E-state index in [1.807, 2.05) is 31.2 Å². The van der Waals surface area contributed by atoms with Crippen LogP contribution in [-0.4, -0.2) is 51.8 Å². The molecule has 1 saturated carbocycles. The molecule has 6 nitrogen and oxygen atoms in total. The van der Waals surface area contributed by atoms with Crippen LogP contribution in [0, 0.1) is 12.8 Å². The minimum Gasteiger partial charge on any atom is -0.493 e. The van der Waals surface area contributed by atoms with Gasteiger partial charge in [0.15, 0.2) is 0 Å². The van der Waals surface area contributed by atoms with E-state index in [-0.39, 0.29) is 12.0 Å². The number of aliphatic hydroxyl groups is 1. The molecule has 2 fully saturated rings. The summed E-state index contributed by atoms with van der Waals surface area (Å²) in [5.74, 6) is 0.967. The summed E-state index contributed by atoms with van der Waals surface area (Å²) in [7, 11) is 0. The molecular formula is C21H31NO5. The van der Waals surface area contributed by atoms with Gasteiger partial charge in [-0.1, -0.05) is 17.7 Å². The van der Waals surface area contributed by atoms with Crippen LogP contribution in [0.25, 0.3) is 0 Å². The third kappa shape index (κ3) is 5.14. The van der Waals surface area contributed by atoms with E-state index in [4.69, 9.17) is 9.47 Å². The fourth-order valence-electron chi connectivity index (χ4n) is 3.81. The van der Waals surface area contributed by atoms with Crippen molar-refractivity contribution < 1.29 is 24.5 Å². The van der Waals surface area contributed by atoms with Gasteiger partial charge in [-0.3, -0.25) is 4.90 Å². The number of rotatable bonds is 8. The van der Waals surface area contributed by atoms with Gasteiger partial charge in [0.05, 0.1) is 24.9 Å². The Kier molecular flexibility index (Phi) is 5.68. The lowest BCUT2D eigenvalue weighted by atomic mass is 9.93. The molecular weight excluding hydrogens is 346 g/mol. The Morgan fingerprint density at radius 3 is 2.59 bits per heavy atom. The van der Waals surface area contributed by atoms with Crippen molar-refractivity contribution >= 4 is 6.09 Å². The van der Waals surface area contributed by atoms with Crippen LogP contribution in [0.4, 0.5) is 4.79 Å². The predicted molar refractivity (Wildman–Crippen MR) is 102 cm³/mol. The Morgan fingerprint density at radius 1 is 1.33 bits per heavy atom. The number of hydrogen-bond acceptors (Lipinski definition) is 4. The summed E-state index contributed by atoms with van der Waals surface area (Å²) < 4.78 is 11.7. The molecule has 150 valence electrons. The number of nitrogens with zero attached hydrogens (tertiary/aromatic N) is 1. The Morgan fingerprint density at radius 2 is 2.00 bits per heavy atom. The highest BCUT2D eigenvalue weighted by atomic mass is 16.5. The third-order valence-electron chi connectivity index (χ3n) is 5.74. The second-order valence-electron chi connectivity index (χ2n) is 8.55. The first-order chi connectivity index (χ1) is 12.7. The minimum atomic E-state index is -0.957. The van der Waals surface area contributed by atoms with Gasteiger partial charge >= 0.3 is 6.09 Å². The zero-order chi connectivity index (χ0) is 19.7. The van der Waals surface area contributed by atoms with Crippen molar-refractivity contribution in [2.24, 2.45) is 5.92 Å². The third-order valence-corrected chi connectivity index (χ3v) is 5.74. The molecule has 1 aliphatic heterocycles. The van der Waals surface area contributed by atoms with Gasteiger partial charge in [-0.25, -0.2) is 4.79 Å². The largest absolute Gasteiger partial charge is 0.493 e. The van der Waals surface area contributed by atoms with E-state index in [0.29, 0.717) is 19.6 Å². The van der Waals surface area contributed by atoms with E-state index in [0.717, 1.165) is 31.4 Å². The lowest BCUT2D eigenvalue weighted by molar-refractivity contribution is -0.0427. The van der Waals surface area contributed by atoms with Gasteiger partial charge in [-0.15, -0.1) is 0 Å². The van der Waals surface area contributed by atoms with Crippen molar-refractivity contribution in [2.45, 2.75) is 70.2 Å². The van der Waals surface area contributed by atoms with Gasteiger partial charge in [0.2, 0.25) is 0 Å². The summed E-state index contributed by atoms with van der Waals surface area (Å²) in [6, 6.07) is 7.73. The zero-order valence-electron chi connectivity index (χ0n) is 16.5. The van der Waals surface area contributed by atoms with Gasteiger partial charge in [0.25, 0.3) is 0 Å². The molecule has 0 radical (unpaired) electrons. The van der Waals surface area contributed by atoms with Crippen LogP contribution in [-0.2, 0) is 4.74 Å². The first kappa shape index (κ1) is 20.0. The summed E-state index contributed by atoms with van der Waals surface area (Å²) in [6.07, 6.45) is 2.98. The van der Waals surface area contributed by atoms with Crippen LogP contribution in [0.15, 0.2) is 24.3 Å². The molecule has 1 amide bonds. The maximum Gasteiger partial charge on any atom is 0.409 e. The average molecular weight is 377 g/mol. The summed E-state index contributed by atoms with van der Waals surface area (Å²) in [5, 5.41) is 19.8. The molecule has 1 saturated heterocycles. The zero-order valence-corrected chi connectivity index (χ0v) is 16.5. The van der Waals surface area contributed by atoms with Crippen LogP contribution in [0.2, 0.25) is 0 Å². The summed E-state index contributed by atoms with van der Waals surface area (Å²) in [6.45, 7) is 6.50. The molecule has 6 heteroatoms. The molecule has 1 aromatic rings. The number of aryl methyl sites for hydroxylation is 1. The fourth-order valence-corrected chi connectivity index (χ4v) is 3.81. The number of benzene rings is 1. The summed E-state index contributed by atoms with van der Waals surface area (Å²) in [5.41, 5.74) is -0.148. The number of ether oxygens (including phenoxy) is 2. The van der Waals surface area contributed by atoms with E-state index in [1.54, 1.807) is 13.8 Å². The van der Waals surface area contributed by atoms with E-state index in [2.05, 4.69) is 0 Å². The lowest BCUT2D eigenvalue weighted by Gasteiger charge is -2.32. The quantitative estimate of drug-likeness (QED) is 0.720. The fraction of sp³-hybridized carbons (Fsp3) is 0.667. The molecule has 2 atom stereocenters. The van der Waals surface area contributed by atoms with E-state index >= 15 is 0 Å². The normalized spacial score (nSPS) is 23.9. The molecule has 3 rings (SSSR count). The van der Waals surface area contributed by atoms with Crippen molar-refractivity contribution in [1.82, 2.24) is 4.90 Å². The highest BCUT2D eigenvalue weighted by Crippen LogP contribution is 2.41. The Balaban J connectivity index is 1.63. The smallest absolute Gasteiger partial charge is 0.409 e. The van der Waals surface area contributed by atoms with Gasteiger partial charge in [0.1, 0.15) is 11.5 Å². The van der Waals surface area contributed by atoms with Crippen LogP contribution in [0.5, 0.6) is 5.75 Å². The van der Waals surface area contributed by atoms with Crippen LogP contribution in [0.3, 0.4) is 0 Å². The highest BCUT2D eigenvalue weighted by Gasteiger charge is 2.45. The highest BCUT2D eigenvalue weighted by molar-refractivity contribution is 5.66. The van der Waals surface area contributed by atoms with Crippen molar-refractivity contribution in [2.75, 3.05) is 13.2 Å². The van der Waals surface area contributed by atoms with Gasteiger partial charge < -0.3 is 19.7 Å². The summed E-state index contributed by atoms with van der Waals surface area (Å²) >= 11 is 0. The number of carboxylic acid groups (broad SMARTS) is 1. The van der Waals surface area contributed by atoms with Crippen LogP contribution < -0.4 is 4.74 Å². The molecule has 1 aromatic carbocycles. The molecule has 0 aromatic heterocycles. The summed E-state index contributed by atoms with van der Waals surface area (Å²) in [4.78, 5) is 13.1. The van der Waals surface area contributed by atoms with Gasteiger partial charge in [-0.05, 0) is 70.9 Å². The number of hydrogen-bond donors (Lipinski definition) is 2. The molecule has 0 bridgehead atoms. The maximum atomic E-state index is 11.7. The minimum absolute atomic E-state index is 0.153. The van der Waals surface area contributed by atoms with Crippen molar-refractivity contribution in [1.29, 1.82) is 0 Å². The Hall–Kier alpha value is -1.79. The second-order valence-corrected chi connectivity index (χ2v) is 8.55. The topological polar surface area (TPSA) is 79.2 Å². The predicted octanol–water partition coefficient (Wildman–Crippen LogP) is 3.80. The second kappa shape index (κ2) is 7.68. The van der Waals surface area contributed by atoms with E-state index in [1.165, 1.54) is 10.5 Å².